The van der Waals surface area contributed by atoms with Crippen LogP contribution in [0, 0.1) is 0 Å². The Balaban J connectivity index is 1.62. The van der Waals surface area contributed by atoms with E-state index in [2.05, 4.69) is 31.2 Å². The highest BCUT2D eigenvalue weighted by molar-refractivity contribution is 9.10. The van der Waals surface area contributed by atoms with Gasteiger partial charge in [0.1, 0.15) is 5.75 Å². The molecule has 0 atom stereocenters. The standard InChI is InChI=1S/C19H18BrN3O3/c1-25-16-5-4-14(11-15(16)20)18-17(23-12-26-18)19(24)22-8-2-3-13-6-9-21-10-7-13/h4-7,9-12H,2-3,8H2,1H3,(H,22,24). The van der Waals surface area contributed by atoms with Crippen LogP contribution in [0.5, 0.6) is 5.75 Å². The Kier molecular flexibility index (Phi) is 6.01. The largest absolute Gasteiger partial charge is 0.496 e. The Morgan fingerprint density at radius 3 is 2.81 bits per heavy atom. The zero-order chi connectivity index (χ0) is 18.4. The summed E-state index contributed by atoms with van der Waals surface area (Å²) in [6.07, 6.45) is 6.52. The summed E-state index contributed by atoms with van der Waals surface area (Å²) in [5, 5.41) is 2.89. The molecule has 0 aliphatic carbocycles. The molecule has 2 heterocycles. The van der Waals surface area contributed by atoms with Gasteiger partial charge in [0.15, 0.2) is 17.8 Å². The summed E-state index contributed by atoms with van der Waals surface area (Å²) in [4.78, 5) is 20.5. The van der Waals surface area contributed by atoms with Crippen LogP contribution in [-0.2, 0) is 6.42 Å². The Bertz CT molecular complexity index is 881. The molecule has 6 nitrogen and oxygen atoms in total. The molecule has 3 aromatic rings. The fourth-order valence-corrected chi connectivity index (χ4v) is 3.09. The predicted octanol–water partition coefficient (Wildman–Crippen LogP) is 3.87. The lowest BCUT2D eigenvalue weighted by Crippen LogP contribution is -2.25. The van der Waals surface area contributed by atoms with Crippen LogP contribution in [-0.4, -0.2) is 29.5 Å². The van der Waals surface area contributed by atoms with Gasteiger partial charge in [0, 0.05) is 24.5 Å². The number of hydrogen-bond donors (Lipinski definition) is 1. The first-order valence-corrected chi connectivity index (χ1v) is 8.93. The molecule has 0 radical (unpaired) electrons. The lowest BCUT2D eigenvalue weighted by Gasteiger charge is -2.07. The number of carbonyl (C=O) groups is 1. The Labute approximate surface area is 159 Å². The summed E-state index contributed by atoms with van der Waals surface area (Å²) in [6.45, 7) is 0.555. The minimum absolute atomic E-state index is 0.254. The highest BCUT2D eigenvalue weighted by Crippen LogP contribution is 2.31. The molecule has 2 aromatic heterocycles. The molecule has 0 spiro atoms. The van der Waals surface area contributed by atoms with Crippen molar-refractivity contribution >= 4 is 21.8 Å². The first-order chi connectivity index (χ1) is 12.7. The second kappa shape index (κ2) is 8.62. The van der Waals surface area contributed by atoms with E-state index in [1.807, 2.05) is 24.3 Å². The van der Waals surface area contributed by atoms with Crippen LogP contribution in [0.3, 0.4) is 0 Å². The summed E-state index contributed by atoms with van der Waals surface area (Å²) >= 11 is 3.44. The average Bonchev–Trinajstić information content (AvgIpc) is 3.16. The van der Waals surface area contributed by atoms with Crippen LogP contribution in [0.25, 0.3) is 11.3 Å². The third-order valence-electron chi connectivity index (χ3n) is 3.87. The number of aromatic nitrogens is 2. The van der Waals surface area contributed by atoms with Gasteiger partial charge in [0.2, 0.25) is 0 Å². The van der Waals surface area contributed by atoms with E-state index in [1.54, 1.807) is 25.6 Å². The fourth-order valence-electron chi connectivity index (χ4n) is 2.55. The monoisotopic (exact) mass is 415 g/mol. The SMILES string of the molecule is COc1ccc(-c2ocnc2C(=O)NCCCc2ccncc2)cc1Br. The molecule has 0 saturated carbocycles. The molecule has 0 aliphatic rings. The third-order valence-corrected chi connectivity index (χ3v) is 4.49. The molecule has 0 saturated heterocycles. The van der Waals surface area contributed by atoms with E-state index in [-0.39, 0.29) is 11.6 Å². The molecular weight excluding hydrogens is 398 g/mol. The molecule has 0 bridgehead atoms. The fraction of sp³-hybridized carbons (Fsp3) is 0.211. The first kappa shape index (κ1) is 18.1. The number of halogens is 1. The Morgan fingerprint density at radius 1 is 1.27 bits per heavy atom. The predicted molar refractivity (Wildman–Crippen MR) is 101 cm³/mol. The van der Waals surface area contributed by atoms with Crippen molar-refractivity contribution in [2.75, 3.05) is 13.7 Å². The summed E-state index contributed by atoms with van der Waals surface area (Å²) in [7, 11) is 1.60. The molecule has 3 rings (SSSR count). The maximum absolute atomic E-state index is 12.4. The number of ether oxygens (including phenoxy) is 1. The number of amides is 1. The van der Waals surface area contributed by atoms with E-state index >= 15 is 0 Å². The Morgan fingerprint density at radius 2 is 2.08 bits per heavy atom. The quantitative estimate of drug-likeness (QED) is 0.592. The molecule has 7 heteroatoms. The number of rotatable bonds is 7. The normalized spacial score (nSPS) is 10.5. The number of oxazole rings is 1. The van der Waals surface area contributed by atoms with Crippen LogP contribution in [0.15, 0.2) is 58.0 Å². The van der Waals surface area contributed by atoms with Gasteiger partial charge >= 0.3 is 0 Å². The van der Waals surface area contributed by atoms with Crippen LogP contribution in [0.2, 0.25) is 0 Å². The summed E-state index contributed by atoms with van der Waals surface area (Å²) in [5.74, 6) is 0.880. The lowest BCUT2D eigenvalue weighted by molar-refractivity contribution is 0.0949. The molecule has 26 heavy (non-hydrogen) atoms. The molecule has 134 valence electrons. The number of pyridine rings is 1. The minimum Gasteiger partial charge on any atom is -0.496 e. The number of aryl methyl sites for hydroxylation is 1. The van der Waals surface area contributed by atoms with E-state index in [4.69, 9.17) is 9.15 Å². The highest BCUT2D eigenvalue weighted by Gasteiger charge is 2.18. The van der Waals surface area contributed by atoms with Gasteiger partial charge in [-0.15, -0.1) is 0 Å². The van der Waals surface area contributed by atoms with E-state index in [9.17, 15) is 4.79 Å². The molecule has 0 unspecified atom stereocenters. The smallest absolute Gasteiger partial charge is 0.273 e. The number of benzene rings is 1. The van der Waals surface area contributed by atoms with Crippen molar-refractivity contribution in [2.24, 2.45) is 0 Å². The second-order valence-corrected chi connectivity index (χ2v) is 6.45. The van der Waals surface area contributed by atoms with Gasteiger partial charge in [0.05, 0.1) is 11.6 Å². The van der Waals surface area contributed by atoms with Crippen molar-refractivity contribution in [2.45, 2.75) is 12.8 Å². The van der Waals surface area contributed by atoms with Crippen molar-refractivity contribution in [3.8, 4) is 17.1 Å². The van der Waals surface area contributed by atoms with Crippen LogP contribution in [0.1, 0.15) is 22.5 Å². The van der Waals surface area contributed by atoms with Gasteiger partial charge in [-0.1, -0.05) is 0 Å². The van der Waals surface area contributed by atoms with Crippen molar-refractivity contribution in [3.05, 3.63) is 64.8 Å². The van der Waals surface area contributed by atoms with Crippen molar-refractivity contribution in [3.63, 3.8) is 0 Å². The van der Waals surface area contributed by atoms with E-state index < -0.39 is 0 Å². The maximum atomic E-state index is 12.4. The van der Waals surface area contributed by atoms with Gasteiger partial charge < -0.3 is 14.5 Å². The number of nitrogens with one attached hydrogen (secondary N) is 1. The topological polar surface area (TPSA) is 77.2 Å². The van der Waals surface area contributed by atoms with Crippen LogP contribution in [0.4, 0.5) is 0 Å². The molecule has 0 aliphatic heterocycles. The Hall–Kier alpha value is -2.67. The summed E-state index contributed by atoms with van der Waals surface area (Å²) in [5.41, 5.74) is 2.21. The van der Waals surface area contributed by atoms with Gasteiger partial charge in [-0.2, -0.15) is 0 Å². The van der Waals surface area contributed by atoms with E-state index in [0.29, 0.717) is 18.1 Å². The molecule has 1 aromatic carbocycles. The molecule has 0 fully saturated rings. The van der Waals surface area contributed by atoms with Crippen molar-refractivity contribution in [1.29, 1.82) is 0 Å². The number of methoxy groups -OCH3 is 1. The van der Waals surface area contributed by atoms with Crippen molar-refractivity contribution < 1.29 is 13.9 Å². The van der Waals surface area contributed by atoms with Gasteiger partial charge in [-0.3, -0.25) is 9.78 Å². The van der Waals surface area contributed by atoms with E-state index in [1.165, 1.54) is 12.0 Å². The van der Waals surface area contributed by atoms with Crippen LogP contribution < -0.4 is 10.1 Å². The number of carbonyl (C=O) groups excluding carboxylic acids is 1. The van der Waals surface area contributed by atoms with Crippen molar-refractivity contribution in [1.82, 2.24) is 15.3 Å². The third kappa shape index (κ3) is 4.29. The lowest BCUT2D eigenvalue weighted by atomic mass is 10.1. The maximum Gasteiger partial charge on any atom is 0.273 e. The average molecular weight is 416 g/mol. The second-order valence-electron chi connectivity index (χ2n) is 5.59. The van der Waals surface area contributed by atoms with Gasteiger partial charge in [-0.05, 0) is 64.7 Å². The summed E-state index contributed by atoms with van der Waals surface area (Å²) in [6, 6.07) is 9.40. The van der Waals surface area contributed by atoms with Gasteiger partial charge in [0.25, 0.3) is 5.91 Å². The van der Waals surface area contributed by atoms with Crippen LogP contribution >= 0.6 is 15.9 Å². The number of nitrogens with zero attached hydrogens (tertiary/aromatic N) is 2. The molecular formula is C19H18BrN3O3. The summed E-state index contributed by atoms with van der Waals surface area (Å²) < 4.78 is 11.4. The molecule has 1 amide bonds. The van der Waals surface area contributed by atoms with Gasteiger partial charge in [-0.25, -0.2) is 4.98 Å². The zero-order valence-corrected chi connectivity index (χ0v) is 15.8. The molecule has 1 N–H and O–H groups in total. The first-order valence-electron chi connectivity index (χ1n) is 8.13. The highest BCUT2D eigenvalue weighted by atomic mass is 79.9. The minimum atomic E-state index is -0.254. The number of hydrogen-bond acceptors (Lipinski definition) is 5. The zero-order valence-electron chi connectivity index (χ0n) is 14.2. The van der Waals surface area contributed by atoms with E-state index in [0.717, 1.165) is 22.9 Å².